The average Bonchev–Trinajstić information content (AvgIpc) is 2.81. The van der Waals surface area contributed by atoms with E-state index < -0.39 is 4.92 Å². The number of fused-ring (bicyclic) bond motifs is 1. The monoisotopic (exact) mass is 264 g/mol. The number of nitro groups is 1. The van der Waals surface area contributed by atoms with Gasteiger partial charge in [-0.15, -0.1) is 0 Å². The molecule has 1 heterocycles. The van der Waals surface area contributed by atoms with Gasteiger partial charge in [-0.25, -0.2) is 0 Å². The van der Waals surface area contributed by atoms with E-state index in [1.165, 1.54) is 29.2 Å². The Labute approximate surface area is 109 Å². The summed E-state index contributed by atoms with van der Waals surface area (Å²) < 4.78 is 10.2. The molecule has 0 atom stereocenters. The Kier molecular flexibility index (Phi) is 3.37. The number of ether oxygens (including phenoxy) is 2. The van der Waals surface area contributed by atoms with Crippen molar-refractivity contribution in [3.63, 3.8) is 0 Å². The zero-order valence-corrected chi connectivity index (χ0v) is 10.5. The summed E-state index contributed by atoms with van der Waals surface area (Å²) in [7, 11) is 3.20. The minimum atomic E-state index is -0.526. The zero-order valence-electron chi connectivity index (χ0n) is 10.5. The second-order valence-electron chi connectivity index (χ2n) is 4.09. The van der Waals surface area contributed by atoms with Crippen LogP contribution in [0.1, 0.15) is 5.56 Å². The third-order valence-corrected chi connectivity index (χ3v) is 2.56. The SMILES string of the molecule is CN(C)C(=O)C=Cc1cc2c(cc1[N+](=O)[O-])OCO2. The Bertz CT molecular complexity index is 565. The summed E-state index contributed by atoms with van der Waals surface area (Å²) in [4.78, 5) is 23.3. The van der Waals surface area contributed by atoms with Crippen molar-refractivity contribution in [1.82, 2.24) is 4.90 Å². The summed E-state index contributed by atoms with van der Waals surface area (Å²) in [6.45, 7) is 0.0380. The number of nitrogens with zero attached hydrogens (tertiary/aromatic N) is 2. The summed E-state index contributed by atoms with van der Waals surface area (Å²) in [5, 5.41) is 11.0. The predicted octanol–water partition coefficient (Wildman–Crippen LogP) is 1.42. The van der Waals surface area contributed by atoms with Crippen molar-refractivity contribution in [2.75, 3.05) is 20.9 Å². The Morgan fingerprint density at radius 1 is 1.37 bits per heavy atom. The molecule has 0 aliphatic carbocycles. The molecule has 1 aliphatic rings. The molecule has 100 valence electrons. The molecule has 0 N–H and O–H groups in total. The number of carbonyl (C=O) groups excluding carboxylic acids is 1. The van der Waals surface area contributed by atoms with Crippen molar-refractivity contribution in [1.29, 1.82) is 0 Å². The smallest absolute Gasteiger partial charge is 0.280 e. The lowest BCUT2D eigenvalue weighted by Gasteiger charge is -2.05. The molecule has 0 spiro atoms. The second-order valence-corrected chi connectivity index (χ2v) is 4.09. The Morgan fingerprint density at radius 3 is 2.58 bits per heavy atom. The van der Waals surface area contributed by atoms with Crippen LogP contribution in [0.5, 0.6) is 11.5 Å². The van der Waals surface area contributed by atoms with E-state index in [0.717, 1.165) is 0 Å². The summed E-state index contributed by atoms with van der Waals surface area (Å²) in [6.07, 6.45) is 2.66. The number of nitro benzene ring substituents is 1. The van der Waals surface area contributed by atoms with Gasteiger partial charge in [0.05, 0.1) is 16.6 Å². The van der Waals surface area contributed by atoms with Crippen LogP contribution in [0.4, 0.5) is 5.69 Å². The van der Waals surface area contributed by atoms with Gasteiger partial charge in [0.2, 0.25) is 12.7 Å². The normalized spacial score (nSPS) is 12.7. The van der Waals surface area contributed by atoms with Crippen molar-refractivity contribution in [3.8, 4) is 11.5 Å². The van der Waals surface area contributed by atoms with Crippen LogP contribution in [0.3, 0.4) is 0 Å². The van der Waals surface area contributed by atoms with E-state index in [1.54, 1.807) is 14.1 Å². The topological polar surface area (TPSA) is 81.9 Å². The fraction of sp³-hybridized carbons (Fsp3) is 0.250. The molecule has 1 aliphatic heterocycles. The van der Waals surface area contributed by atoms with Gasteiger partial charge in [-0.05, 0) is 12.1 Å². The van der Waals surface area contributed by atoms with E-state index in [0.29, 0.717) is 17.1 Å². The van der Waals surface area contributed by atoms with Gasteiger partial charge in [-0.1, -0.05) is 0 Å². The molecular weight excluding hydrogens is 252 g/mol. The Balaban J connectivity index is 2.39. The maximum absolute atomic E-state index is 11.4. The van der Waals surface area contributed by atoms with Gasteiger partial charge in [0, 0.05) is 20.2 Å². The van der Waals surface area contributed by atoms with Crippen molar-refractivity contribution < 1.29 is 19.2 Å². The third-order valence-electron chi connectivity index (χ3n) is 2.56. The van der Waals surface area contributed by atoms with Gasteiger partial charge in [-0.3, -0.25) is 14.9 Å². The van der Waals surface area contributed by atoms with Crippen LogP contribution in [0.25, 0.3) is 6.08 Å². The highest BCUT2D eigenvalue weighted by Crippen LogP contribution is 2.38. The number of hydrogen-bond acceptors (Lipinski definition) is 5. The van der Waals surface area contributed by atoms with E-state index >= 15 is 0 Å². The molecular formula is C12H12N2O5. The van der Waals surface area contributed by atoms with E-state index in [1.807, 2.05) is 0 Å². The molecule has 0 aromatic heterocycles. The minimum absolute atomic E-state index is 0.0380. The molecule has 1 aromatic carbocycles. The first kappa shape index (κ1) is 12.9. The van der Waals surface area contributed by atoms with Crippen LogP contribution in [0.15, 0.2) is 18.2 Å². The van der Waals surface area contributed by atoms with Crippen LogP contribution in [0, 0.1) is 10.1 Å². The Hall–Kier alpha value is -2.57. The lowest BCUT2D eigenvalue weighted by Crippen LogP contribution is -2.18. The second kappa shape index (κ2) is 4.97. The highest BCUT2D eigenvalue weighted by Gasteiger charge is 2.22. The first-order chi connectivity index (χ1) is 8.99. The van der Waals surface area contributed by atoms with Crippen molar-refractivity contribution in [3.05, 3.63) is 33.9 Å². The first-order valence-electron chi connectivity index (χ1n) is 5.46. The van der Waals surface area contributed by atoms with Crippen LogP contribution >= 0.6 is 0 Å². The number of rotatable bonds is 3. The van der Waals surface area contributed by atoms with Gasteiger partial charge in [0.15, 0.2) is 11.5 Å². The number of benzene rings is 1. The minimum Gasteiger partial charge on any atom is -0.454 e. The third kappa shape index (κ3) is 2.65. The van der Waals surface area contributed by atoms with Crippen molar-refractivity contribution in [2.24, 2.45) is 0 Å². The molecule has 0 fully saturated rings. The fourth-order valence-corrected chi connectivity index (χ4v) is 1.55. The summed E-state index contributed by atoms with van der Waals surface area (Å²) in [5.41, 5.74) is 0.163. The molecule has 7 heteroatoms. The van der Waals surface area contributed by atoms with Gasteiger partial charge >= 0.3 is 0 Å². The molecule has 0 radical (unpaired) electrons. The fourth-order valence-electron chi connectivity index (χ4n) is 1.55. The Morgan fingerprint density at radius 2 is 2.00 bits per heavy atom. The van der Waals surface area contributed by atoms with E-state index in [2.05, 4.69) is 0 Å². The zero-order chi connectivity index (χ0) is 14.0. The molecule has 0 saturated heterocycles. The van der Waals surface area contributed by atoms with E-state index in [4.69, 9.17) is 9.47 Å². The standard InChI is InChI=1S/C12H12N2O5/c1-13(2)12(15)4-3-8-5-10-11(19-7-18-10)6-9(8)14(16)17/h3-6H,7H2,1-2H3. The highest BCUT2D eigenvalue weighted by molar-refractivity contribution is 5.92. The highest BCUT2D eigenvalue weighted by atomic mass is 16.7. The van der Waals surface area contributed by atoms with Crippen LogP contribution in [0.2, 0.25) is 0 Å². The van der Waals surface area contributed by atoms with Crippen LogP contribution in [-0.4, -0.2) is 36.6 Å². The predicted molar refractivity (Wildman–Crippen MR) is 66.9 cm³/mol. The largest absolute Gasteiger partial charge is 0.454 e. The summed E-state index contributed by atoms with van der Waals surface area (Å²) in [6, 6.07) is 2.78. The first-order valence-corrected chi connectivity index (χ1v) is 5.46. The van der Waals surface area contributed by atoms with Gasteiger partial charge in [0.25, 0.3) is 5.69 Å². The summed E-state index contributed by atoms with van der Waals surface area (Å²) >= 11 is 0. The maximum atomic E-state index is 11.4. The molecule has 0 unspecified atom stereocenters. The lowest BCUT2D eigenvalue weighted by molar-refractivity contribution is -0.385. The number of likely N-dealkylation sites (N-methyl/N-ethyl adjacent to an activating group) is 1. The molecule has 0 bridgehead atoms. The van der Waals surface area contributed by atoms with Crippen LogP contribution < -0.4 is 9.47 Å². The number of carbonyl (C=O) groups is 1. The molecule has 19 heavy (non-hydrogen) atoms. The van der Waals surface area contributed by atoms with Gasteiger partial charge < -0.3 is 14.4 Å². The molecule has 2 rings (SSSR count). The quantitative estimate of drug-likeness (QED) is 0.468. The van der Waals surface area contributed by atoms with Crippen molar-refractivity contribution in [2.45, 2.75) is 0 Å². The lowest BCUT2D eigenvalue weighted by atomic mass is 10.1. The molecule has 0 saturated carbocycles. The maximum Gasteiger partial charge on any atom is 0.280 e. The number of amides is 1. The number of hydrogen-bond donors (Lipinski definition) is 0. The van der Waals surface area contributed by atoms with Crippen LogP contribution in [-0.2, 0) is 4.79 Å². The van der Waals surface area contributed by atoms with Gasteiger partial charge in [-0.2, -0.15) is 0 Å². The van der Waals surface area contributed by atoms with E-state index in [9.17, 15) is 14.9 Å². The molecule has 7 nitrogen and oxygen atoms in total. The van der Waals surface area contributed by atoms with E-state index in [-0.39, 0.29) is 18.4 Å². The van der Waals surface area contributed by atoms with Crippen molar-refractivity contribution >= 4 is 17.7 Å². The summed E-state index contributed by atoms with van der Waals surface area (Å²) in [5.74, 6) is 0.511. The molecule has 1 aromatic rings. The average molecular weight is 264 g/mol. The molecule has 1 amide bonds. The van der Waals surface area contributed by atoms with Gasteiger partial charge in [0.1, 0.15) is 0 Å².